The Morgan fingerprint density at radius 2 is 2.11 bits per heavy atom. The minimum Gasteiger partial charge on any atom is -0.384 e. The number of carbonyl (C=O) groups excluding carboxylic acids is 1. The van der Waals surface area contributed by atoms with Crippen molar-refractivity contribution in [2.45, 2.75) is 31.9 Å². The molecule has 0 saturated carbocycles. The number of amides is 1. The number of alkyl halides is 2. The lowest BCUT2D eigenvalue weighted by Gasteiger charge is -2.25. The van der Waals surface area contributed by atoms with E-state index >= 15 is 0 Å². The van der Waals surface area contributed by atoms with Crippen molar-refractivity contribution < 1.29 is 13.6 Å². The van der Waals surface area contributed by atoms with Crippen molar-refractivity contribution in [3.8, 4) is 0 Å². The second-order valence-corrected chi connectivity index (χ2v) is 6.58. The van der Waals surface area contributed by atoms with E-state index in [4.69, 9.17) is 5.73 Å². The van der Waals surface area contributed by atoms with Crippen molar-refractivity contribution in [2.75, 3.05) is 11.1 Å². The van der Waals surface area contributed by atoms with Crippen LogP contribution < -0.4 is 21.9 Å². The summed E-state index contributed by atoms with van der Waals surface area (Å²) in [6, 6.07) is 2.98. The molecule has 1 unspecified atom stereocenters. The number of pyridine rings is 1. The van der Waals surface area contributed by atoms with Crippen LogP contribution in [0.2, 0.25) is 0 Å². The lowest BCUT2D eigenvalue weighted by atomic mass is 10.1. The van der Waals surface area contributed by atoms with Crippen LogP contribution in [0.15, 0.2) is 34.9 Å². The molecule has 4 N–H and O–H groups in total. The average molecular weight is 374 g/mol. The van der Waals surface area contributed by atoms with Crippen LogP contribution in [0.4, 0.5) is 26.1 Å². The number of allylic oxidation sites excluding steroid dienone is 1. The summed E-state index contributed by atoms with van der Waals surface area (Å²) in [6.45, 7) is 1.68. The van der Waals surface area contributed by atoms with Crippen LogP contribution in [0.1, 0.15) is 28.9 Å². The number of carbonyl (C=O) groups is 1. The SMILES string of the molecule is Cc1cc(Nc2cc(N)ncn2)c(=O)n2c1C(=O)NC21C=C(C(F)F)CC1. The van der Waals surface area contributed by atoms with E-state index in [1.807, 2.05) is 0 Å². The van der Waals surface area contributed by atoms with Crippen molar-refractivity contribution in [3.63, 3.8) is 0 Å². The topological polar surface area (TPSA) is 115 Å². The van der Waals surface area contributed by atoms with E-state index in [-0.39, 0.29) is 35.6 Å². The first-order valence-corrected chi connectivity index (χ1v) is 8.25. The third-order valence-corrected chi connectivity index (χ3v) is 4.79. The van der Waals surface area contributed by atoms with Crippen LogP contribution in [-0.2, 0) is 5.66 Å². The molecule has 1 aliphatic heterocycles. The lowest BCUT2D eigenvalue weighted by molar-refractivity contribution is 0.0937. The zero-order valence-electron chi connectivity index (χ0n) is 14.3. The molecule has 140 valence electrons. The summed E-state index contributed by atoms with van der Waals surface area (Å²) in [5.41, 5.74) is 4.60. The number of halogens is 2. The molecule has 1 amide bonds. The molecular formula is C17H16F2N6O2. The van der Waals surface area contributed by atoms with Crippen molar-refractivity contribution in [1.82, 2.24) is 19.9 Å². The summed E-state index contributed by atoms with van der Waals surface area (Å²) in [4.78, 5) is 33.3. The van der Waals surface area contributed by atoms with E-state index < -0.39 is 23.6 Å². The van der Waals surface area contributed by atoms with E-state index in [1.165, 1.54) is 29.1 Å². The third kappa shape index (κ3) is 2.64. The van der Waals surface area contributed by atoms with Crippen molar-refractivity contribution >= 4 is 23.2 Å². The zero-order valence-corrected chi connectivity index (χ0v) is 14.3. The Balaban J connectivity index is 1.86. The minimum absolute atomic E-state index is 0.0883. The molecule has 3 heterocycles. The maximum atomic E-state index is 13.1. The largest absolute Gasteiger partial charge is 0.384 e. The van der Waals surface area contributed by atoms with Gasteiger partial charge in [0.25, 0.3) is 17.9 Å². The number of rotatable bonds is 3. The molecule has 0 radical (unpaired) electrons. The molecule has 2 aromatic heterocycles. The Labute approximate surface area is 152 Å². The number of anilines is 3. The monoisotopic (exact) mass is 374 g/mol. The second-order valence-electron chi connectivity index (χ2n) is 6.58. The van der Waals surface area contributed by atoms with Crippen LogP contribution in [0.3, 0.4) is 0 Å². The number of nitrogens with zero attached hydrogens (tertiary/aromatic N) is 3. The predicted molar refractivity (Wildman–Crippen MR) is 93.9 cm³/mol. The first-order valence-electron chi connectivity index (χ1n) is 8.25. The fourth-order valence-corrected chi connectivity index (χ4v) is 3.62. The fourth-order valence-electron chi connectivity index (χ4n) is 3.62. The van der Waals surface area contributed by atoms with Crippen molar-refractivity contribution in [1.29, 1.82) is 0 Å². The number of aryl methyl sites for hydroxylation is 1. The number of nitrogens with one attached hydrogen (secondary N) is 2. The molecule has 0 saturated heterocycles. The number of fused-ring (bicyclic) bond motifs is 2. The first kappa shape index (κ1) is 17.1. The molecule has 0 bridgehead atoms. The number of aromatic nitrogens is 3. The highest BCUT2D eigenvalue weighted by Gasteiger charge is 2.46. The molecule has 0 fully saturated rings. The molecule has 1 atom stereocenters. The molecule has 8 nitrogen and oxygen atoms in total. The molecule has 27 heavy (non-hydrogen) atoms. The van der Waals surface area contributed by atoms with Gasteiger partial charge in [-0.15, -0.1) is 0 Å². The van der Waals surface area contributed by atoms with E-state index in [9.17, 15) is 18.4 Å². The standard InChI is InChI=1S/C17H16F2N6O2/c1-8-4-10(23-12-5-11(20)21-7-22-12)16(27)25-13(8)15(26)24-17(25)3-2-9(6-17)14(18)19/h4-7,14H,2-3H2,1H3,(H,24,26)(H3,20,21,22,23). The minimum atomic E-state index is -2.63. The predicted octanol–water partition coefficient (Wildman–Crippen LogP) is 1.65. The Kier molecular flexibility index (Phi) is 3.72. The third-order valence-electron chi connectivity index (χ3n) is 4.79. The zero-order chi connectivity index (χ0) is 19.3. The Morgan fingerprint density at radius 1 is 1.33 bits per heavy atom. The second kappa shape index (κ2) is 5.86. The van der Waals surface area contributed by atoms with Gasteiger partial charge in [-0.25, -0.2) is 18.7 Å². The van der Waals surface area contributed by atoms with Crippen LogP contribution in [-0.4, -0.2) is 26.9 Å². The van der Waals surface area contributed by atoms with Gasteiger partial charge in [-0.05, 0) is 43.0 Å². The normalized spacial score (nSPS) is 20.7. The van der Waals surface area contributed by atoms with Crippen LogP contribution in [0.25, 0.3) is 0 Å². The first-order chi connectivity index (χ1) is 12.8. The van der Waals surface area contributed by atoms with Gasteiger partial charge in [0.2, 0.25) is 0 Å². The molecule has 0 aromatic carbocycles. The summed E-state index contributed by atoms with van der Waals surface area (Å²) >= 11 is 0. The number of hydrogen-bond donors (Lipinski definition) is 3. The van der Waals surface area contributed by atoms with Gasteiger partial charge in [0.05, 0.1) is 0 Å². The Bertz CT molecular complexity index is 1050. The molecule has 1 aliphatic carbocycles. The molecule has 10 heteroatoms. The molecule has 1 spiro atoms. The maximum absolute atomic E-state index is 13.1. The highest BCUT2D eigenvalue weighted by atomic mass is 19.3. The quantitative estimate of drug-likeness (QED) is 0.704. The Hall–Kier alpha value is -3.30. The van der Waals surface area contributed by atoms with Gasteiger partial charge >= 0.3 is 0 Å². The van der Waals surface area contributed by atoms with Gasteiger partial charge in [0, 0.05) is 6.07 Å². The summed E-state index contributed by atoms with van der Waals surface area (Å²) in [5.74, 6) is 0.0643. The van der Waals surface area contributed by atoms with E-state index in [2.05, 4.69) is 20.6 Å². The molecule has 2 aliphatic rings. The summed E-state index contributed by atoms with van der Waals surface area (Å²) in [6.07, 6.45) is 0.195. The van der Waals surface area contributed by atoms with Gasteiger partial charge in [0.15, 0.2) is 0 Å². The summed E-state index contributed by atoms with van der Waals surface area (Å²) in [5, 5.41) is 5.57. The summed E-state index contributed by atoms with van der Waals surface area (Å²) < 4.78 is 27.5. The smallest absolute Gasteiger partial charge is 0.277 e. The number of nitrogen functional groups attached to an aromatic ring is 1. The van der Waals surface area contributed by atoms with E-state index in [0.717, 1.165) is 0 Å². The van der Waals surface area contributed by atoms with Crippen molar-refractivity contribution in [2.24, 2.45) is 0 Å². The van der Waals surface area contributed by atoms with Crippen LogP contribution >= 0.6 is 0 Å². The fraction of sp³-hybridized carbons (Fsp3) is 0.294. The van der Waals surface area contributed by atoms with Crippen molar-refractivity contribution in [3.05, 3.63) is 51.7 Å². The van der Waals surface area contributed by atoms with Gasteiger partial charge in [0.1, 0.15) is 35.0 Å². The number of hydrogen-bond acceptors (Lipinski definition) is 6. The Morgan fingerprint density at radius 3 is 2.78 bits per heavy atom. The van der Waals surface area contributed by atoms with Gasteiger partial charge in [-0.3, -0.25) is 14.2 Å². The molecular weight excluding hydrogens is 358 g/mol. The van der Waals surface area contributed by atoms with Gasteiger partial charge < -0.3 is 16.4 Å². The maximum Gasteiger partial charge on any atom is 0.277 e. The highest BCUT2D eigenvalue weighted by molar-refractivity contribution is 5.97. The number of nitrogens with two attached hydrogens (primary N) is 1. The van der Waals surface area contributed by atoms with E-state index in [1.54, 1.807) is 6.92 Å². The van der Waals surface area contributed by atoms with Crippen LogP contribution in [0.5, 0.6) is 0 Å². The van der Waals surface area contributed by atoms with Crippen LogP contribution in [0, 0.1) is 6.92 Å². The highest BCUT2D eigenvalue weighted by Crippen LogP contribution is 2.39. The molecule has 2 aromatic rings. The summed E-state index contributed by atoms with van der Waals surface area (Å²) in [7, 11) is 0. The van der Waals surface area contributed by atoms with Gasteiger partial charge in [-0.2, -0.15) is 0 Å². The average Bonchev–Trinajstić information content (AvgIpc) is 3.14. The van der Waals surface area contributed by atoms with Gasteiger partial charge in [-0.1, -0.05) is 0 Å². The lowest BCUT2D eigenvalue weighted by Crippen LogP contribution is -2.44. The van der Waals surface area contributed by atoms with E-state index in [0.29, 0.717) is 11.4 Å². The molecule has 4 rings (SSSR count).